The average molecular weight is 470 g/mol. The smallest absolute Gasteiger partial charge is 0.242 e. The van der Waals surface area contributed by atoms with Crippen molar-refractivity contribution in [3.8, 4) is 5.75 Å². The lowest BCUT2D eigenvalue weighted by molar-refractivity contribution is -0.123. The van der Waals surface area contributed by atoms with Gasteiger partial charge in [0.05, 0.1) is 28.5 Å². The number of piperidine rings is 1. The first-order chi connectivity index (χ1) is 15.8. The third-order valence-corrected chi connectivity index (χ3v) is 8.28. The van der Waals surface area contributed by atoms with Crippen molar-refractivity contribution in [3.05, 3.63) is 54.0 Å². The molecule has 3 aromatic rings. The van der Waals surface area contributed by atoms with Crippen LogP contribution in [0.3, 0.4) is 0 Å². The maximum absolute atomic E-state index is 13.4. The summed E-state index contributed by atoms with van der Waals surface area (Å²) in [7, 11) is -2.39. The summed E-state index contributed by atoms with van der Waals surface area (Å²) in [6.45, 7) is 2.62. The second kappa shape index (κ2) is 8.12. The molecular weight excluding hydrogens is 442 g/mol. The molecule has 1 amide bonds. The highest BCUT2D eigenvalue weighted by molar-refractivity contribution is 7.89. The van der Waals surface area contributed by atoms with E-state index in [-0.39, 0.29) is 34.2 Å². The SMILES string of the molecule is CNS(=O)(=O)c1ccc(O)c(NC(=O)[C@@H]2[C@H]3CC[C@H](C3)N2Cc2cnc3ccc(C)cn23)c1. The van der Waals surface area contributed by atoms with Gasteiger partial charge in [0.1, 0.15) is 11.4 Å². The van der Waals surface area contributed by atoms with Gasteiger partial charge in [0, 0.05) is 18.8 Å². The molecule has 2 aliphatic rings. The molecule has 174 valence electrons. The van der Waals surface area contributed by atoms with Crippen molar-refractivity contribution in [2.75, 3.05) is 12.4 Å². The Morgan fingerprint density at radius 3 is 2.85 bits per heavy atom. The number of pyridine rings is 1. The van der Waals surface area contributed by atoms with E-state index in [0.29, 0.717) is 12.6 Å². The van der Waals surface area contributed by atoms with Gasteiger partial charge in [-0.1, -0.05) is 6.07 Å². The number of benzene rings is 1. The average Bonchev–Trinajstić information content (AvgIpc) is 3.50. The second-order valence-corrected chi connectivity index (χ2v) is 10.8. The van der Waals surface area contributed by atoms with Crippen molar-refractivity contribution >= 4 is 27.3 Å². The zero-order valence-corrected chi connectivity index (χ0v) is 19.3. The van der Waals surface area contributed by atoms with E-state index in [9.17, 15) is 18.3 Å². The highest BCUT2D eigenvalue weighted by Gasteiger charge is 2.49. The van der Waals surface area contributed by atoms with E-state index in [1.807, 2.05) is 31.5 Å². The number of fused-ring (bicyclic) bond motifs is 3. The molecule has 2 aromatic heterocycles. The molecule has 3 atom stereocenters. The van der Waals surface area contributed by atoms with E-state index in [1.165, 1.54) is 25.2 Å². The largest absolute Gasteiger partial charge is 0.506 e. The first kappa shape index (κ1) is 21.9. The van der Waals surface area contributed by atoms with Crippen LogP contribution in [0.15, 0.2) is 47.6 Å². The molecule has 3 heterocycles. The summed E-state index contributed by atoms with van der Waals surface area (Å²) in [6, 6.07) is 7.81. The molecule has 1 aromatic carbocycles. The van der Waals surface area contributed by atoms with Crippen LogP contribution in [0.2, 0.25) is 0 Å². The summed E-state index contributed by atoms with van der Waals surface area (Å²) in [6.07, 6.45) is 6.88. The third-order valence-electron chi connectivity index (χ3n) is 6.87. The van der Waals surface area contributed by atoms with E-state index in [1.54, 1.807) is 0 Å². The van der Waals surface area contributed by atoms with Gasteiger partial charge >= 0.3 is 0 Å². The summed E-state index contributed by atoms with van der Waals surface area (Å²) >= 11 is 0. The number of sulfonamides is 1. The van der Waals surface area contributed by atoms with Crippen LogP contribution >= 0.6 is 0 Å². The number of anilines is 1. The van der Waals surface area contributed by atoms with E-state index in [2.05, 4.69) is 24.3 Å². The number of hydrogen-bond acceptors (Lipinski definition) is 6. The normalized spacial score (nSPS) is 22.8. The van der Waals surface area contributed by atoms with Crippen LogP contribution in [0.25, 0.3) is 5.65 Å². The predicted octanol–water partition coefficient (Wildman–Crippen LogP) is 2.25. The Morgan fingerprint density at radius 2 is 2.06 bits per heavy atom. The van der Waals surface area contributed by atoms with Gasteiger partial charge in [-0.3, -0.25) is 9.69 Å². The lowest BCUT2D eigenvalue weighted by atomic mass is 9.97. The molecule has 9 nitrogen and oxygen atoms in total. The minimum absolute atomic E-state index is 0.0241. The Balaban J connectivity index is 1.41. The molecule has 0 radical (unpaired) electrons. The number of aromatic nitrogens is 2. The summed E-state index contributed by atoms with van der Waals surface area (Å²) in [5, 5.41) is 13.0. The molecule has 1 saturated heterocycles. The molecule has 1 saturated carbocycles. The fraction of sp³-hybridized carbons (Fsp3) is 0.391. The zero-order valence-electron chi connectivity index (χ0n) is 18.5. The van der Waals surface area contributed by atoms with Crippen LogP contribution in [0.5, 0.6) is 5.75 Å². The van der Waals surface area contributed by atoms with Gasteiger partial charge in [0.15, 0.2) is 0 Å². The summed E-state index contributed by atoms with van der Waals surface area (Å²) in [5.74, 6) is -0.186. The van der Waals surface area contributed by atoms with E-state index < -0.39 is 10.0 Å². The zero-order chi connectivity index (χ0) is 23.3. The second-order valence-electron chi connectivity index (χ2n) is 8.90. The molecule has 0 unspecified atom stereocenters. The number of phenolic OH excluding ortho intramolecular Hbond substituents is 1. The van der Waals surface area contributed by atoms with Crippen molar-refractivity contribution in [2.24, 2.45) is 5.92 Å². The van der Waals surface area contributed by atoms with Crippen LogP contribution in [0.1, 0.15) is 30.5 Å². The van der Waals surface area contributed by atoms with Crippen molar-refractivity contribution in [1.29, 1.82) is 0 Å². The highest BCUT2D eigenvalue weighted by atomic mass is 32.2. The molecule has 1 aliphatic heterocycles. The first-order valence-corrected chi connectivity index (χ1v) is 12.5. The minimum atomic E-state index is -3.70. The van der Waals surface area contributed by atoms with Crippen LogP contribution in [0.4, 0.5) is 5.69 Å². The number of carbonyl (C=O) groups excluding carboxylic acids is 1. The fourth-order valence-electron chi connectivity index (χ4n) is 5.22. The molecule has 3 N–H and O–H groups in total. The molecule has 1 aliphatic carbocycles. The van der Waals surface area contributed by atoms with E-state index >= 15 is 0 Å². The molecular formula is C23H27N5O4S. The Morgan fingerprint density at radius 1 is 1.24 bits per heavy atom. The molecule has 10 heteroatoms. The number of likely N-dealkylation sites (tertiary alicyclic amines) is 1. The lowest BCUT2D eigenvalue weighted by Crippen LogP contribution is -2.47. The van der Waals surface area contributed by atoms with Crippen LogP contribution in [-0.2, 0) is 21.4 Å². The molecule has 33 heavy (non-hydrogen) atoms. The molecule has 0 spiro atoms. The maximum atomic E-state index is 13.4. The Kier molecular flexibility index (Phi) is 5.38. The Labute approximate surface area is 192 Å². The van der Waals surface area contributed by atoms with Crippen molar-refractivity contribution < 1.29 is 18.3 Å². The monoisotopic (exact) mass is 469 g/mol. The predicted molar refractivity (Wildman–Crippen MR) is 123 cm³/mol. The van der Waals surface area contributed by atoms with E-state index in [4.69, 9.17) is 0 Å². The van der Waals surface area contributed by atoms with Crippen LogP contribution in [-0.4, -0.2) is 52.8 Å². The topological polar surface area (TPSA) is 116 Å². The van der Waals surface area contributed by atoms with Gasteiger partial charge in [-0.05, 0) is 69.0 Å². The summed E-state index contributed by atoms with van der Waals surface area (Å²) in [5.41, 5.74) is 3.10. The van der Waals surface area contributed by atoms with Crippen molar-refractivity contribution in [3.63, 3.8) is 0 Å². The van der Waals surface area contributed by atoms with Crippen LogP contribution < -0.4 is 10.0 Å². The van der Waals surface area contributed by atoms with Gasteiger partial charge in [0.25, 0.3) is 0 Å². The van der Waals surface area contributed by atoms with Gasteiger partial charge in [-0.15, -0.1) is 0 Å². The number of nitrogens with one attached hydrogen (secondary N) is 2. The fourth-order valence-corrected chi connectivity index (χ4v) is 5.97. The number of aromatic hydroxyl groups is 1. The van der Waals surface area contributed by atoms with Gasteiger partial charge in [0.2, 0.25) is 15.9 Å². The number of carbonyl (C=O) groups is 1. The third kappa shape index (κ3) is 3.88. The van der Waals surface area contributed by atoms with Crippen LogP contribution in [0, 0.1) is 12.8 Å². The minimum Gasteiger partial charge on any atom is -0.506 e. The van der Waals surface area contributed by atoms with E-state index in [0.717, 1.165) is 36.2 Å². The standard InChI is InChI=1S/C23H27N5O4S/c1-14-3-8-21-25-11-17(27(21)12-14)13-28-16-5-4-15(9-16)22(28)23(30)26-19-10-18(6-7-20(19)29)33(31,32)24-2/h3,6-8,10-12,15-16,22,24,29H,4-5,9,13H2,1-2H3,(H,26,30)/t15-,16+,22-/m0/s1. The number of nitrogens with zero attached hydrogens (tertiary/aromatic N) is 3. The Hall–Kier alpha value is -2.95. The lowest BCUT2D eigenvalue weighted by Gasteiger charge is -2.34. The number of aryl methyl sites for hydroxylation is 1. The first-order valence-electron chi connectivity index (χ1n) is 11.0. The van der Waals surface area contributed by atoms with Gasteiger partial charge in [-0.25, -0.2) is 18.1 Å². The molecule has 2 fully saturated rings. The Bertz CT molecular complexity index is 1340. The quantitative estimate of drug-likeness (QED) is 0.477. The highest BCUT2D eigenvalue weighted by Crippen LogP contribution is 2.44. The van der Waals surface area contributed by atoms with Gasteiger partial charge in [-0.2, -0.15) is 0 Å². The molecule has 5 rings (SSSR count). The number of imidazole rings is 1. The number of rotatable bonds is 6. The van der Waals surface area contributed by atoms with Crippen molar-refractivity contribution in [2.45, 2.75) is 49.7 Å². The molecule has 2 bridgehead atoms. The van der Waals surface area contributed by atoms with Crippen molar-refractivity contribution in [1.82, 2.24) is 19.0 Å². The summed E-state index contributed by atoms with van der Waals surface area (Å²) in [4.78, 5) is 20.1. The van der Waals surface area contributed by atoms with Gasteiger partial charge < -0.3 is 14.8 Å². The number of amides is 1. The number of hydrogen-bond donors (Lipinski definition) is 3. The summed E-state index contributed by atoms with van der Waals surface area (Å²) < 4.78 is 28.6. The maximum Gasteiger partial charge on any atom is 0.242 e. The number of phenols is 1.